The number of esters is 1. The van der Waals surface area contributed by atoms with Gasteiger partial charge in [0.2, 0.25) is 5.78 Å². The largest absolute Gasteiger partial charge is 0.454 e. The van der Waals surface area contributed by atoms with Crippen molar-refractivity contribution in [1.82, 2.24) is 9.97 Å². The first-order chi connectivity index (χ1) is 14.0. The van der Waals surface area contributed by atoms with Crippen LogP contribution in [-0.2, 0) is 28.8 Å². The molecule has 1 aliphatic rings. The molecule has 0 aliphatic heterocycles. The van der Waals surface area contributed by atoms with E-state index in [1.165, 1.54) is 4.88 Å². The molecule has 0 spiro atoms. The van der Waals surface area contributed by atoms with Gasteiger partial charge in [-0.15, -0.1) is 11.3 Å². The lowest BCUT2D eigenvalue weighted by molar-refractivity contribution is -0.146. The molecule has 0 radical (unpaired) electrons. The van der Waals surface area contributed by atoms with Gasteiger partial charge in [0.05, 0.1) is 11.8 Å². The van der Waals surface area contributed by atoms with E-state index in [1.807, 2.05) is 6.07 Å². The van der Waals surface area contributed by atoms with Crippen LogP contribution in [0.4, 0.5) is 0 Å². The van der Waals surface area contributed by atoms with E-state index >= 15 is 0 Å². The number of ketones is 1. The minimum Gasteiger partial charge on any atom is -0.454 e. The van der Waals surface area contributed by atoms with Gasteiger partial charge in [-0.2, -0.15) is 0 Å². The fourth-order valence-corrected chi connectivity index (χ4v) is 4.97. The van der Waals surface area contributed by atoms with Gasteiger partial charge < -0.3 is 9.72 Å². The monoisotopic (exact) mass is 410 g/mol. The summed E-state index contributed by atoms with van der Waals surface area (Å²) in [6.45, 7) is 1.57. The molecule has 0 saturated carbocycles. The Morgan fingerprint density at radius 2 is 1.97 bits per heavy atom. The van der Waals surface area contributed by atoms with Gasteiger partial charge in [0.15, 0.2) is 6.10 Å². The molecular weight excluding hydrogens is 388 g/mol. The van der Waals surface area contributed by atoms with Crippen LogP contribution in [0.25, 0.3) is 10.2 Å². The SMILES string of the molecule is C[C@@H](OC(=O)CCc1nc2sc3c(c2c(=O)[nH]1)CCCC3)C(=O)c1ccccc1. The van der Waals surface area contributed by atoms with Crippen LogP contribution >= 0.6 is 11.3 Å². The molecule has 4 rings (SSSR count). The third-order valence-corrected chi connectivity index (χ3v) is 6.36. The molecular formula is C22H22N2O4S. The first kappa shape index (κ1) is 19.5. The molecule has 1 atom stereocenters. The van der Waals surface area contributed by atoms with Gasteiger partial charge >= 0.3 is 5.97 Å². The third-order valence-electron chi connectivity index (χ3n) is 5.18. The number of rotatable bonds is 6. The van der Waals surface area contributed by atoms with Crippen LogP contribution in [0.5, 0.6) is 0 Å². The van der Waals surface area contributed by atoms with Gasteiger partial charge in [-0.3, -0.25) is 14.4 Å². The summed E-state index contributed by atoms with van der Waals surface area (Å²) in [5.41, 5.74) is 1.51. The summed E-state index contributed by atoms with van der Waals surface area (Å²) in [5.74, 6) is -0.258. The quantitative estimate of drug-likeness (QED) is 0.495. The Labute approximate surface area is 171 Å². The highest BCUT2D eigenvalue weighted by Gasteiger charge is 2.21. The lowest BCUT2D eigenvalue weighted by atomic mass is 9.97. The summed E-state index contributed by atoms with van der Waals surface area (Å²) in [7, 11) is 0. The lowest BCUT2D eigenvalue weighted by Crippen LogP contribution is -2.24. The molecule has 0 saturated heterocycles. The summed E-state index contributed by atoms with van der Waals surface area (Å²) < 4.78 is 5.27. The summed E-state index contributed by atoms with van der Waals surface area (Å²) >= 11 is 1.58. The van der Waals surface area contributed by atoms with Crippen LogP contribution in [0.3, 0.4) is 0 Å². The molecule has 1 aliphatic carbocycles. The van der Waals surface area contributed by atoms with Gasteiger partial charge in [0.25, 0.3) is 5.56 Å². The van der Waals surface area contributed by atoms with Crippen LogP contribution in [0.2, 0.25) is 0 Å². The molecule has 2 heterocycles. The van der Waals surface area contributed by atoms with Crippen molar-refractivity contribution in [2.45, 2.75) is 51.6 Å². The Bertz CT molecular complexity index is 1120. The van der Waals surface area contributed by atoms with Crippen molar-refractivity contribution in [2.24, 2.45) is 0 Å². The number of ether oxygens (including phenoxy) is 1. The summed E-state index contributed by atoms with van der Waals surface area (Å²) in [6, 6.07) is 8.74. The molecule has 6 nitrogen and oxygen atoms in total. The van der Waals surface area contributed by atoms with Crippen molar-refractivity contribution in [3.63, 3.8) is 0 Å². The maximum Gasteiger partial charge on any atom is 0.306 e. The number of Topliss-reactive ketones (excluding diaryl/α,β-unsaturated/α-hetero) is 1. The topological polar surface area (TPSA) is 89.1 Å². The molecule has 7 heteroatoms. The number of thiophene rings is 1. The smallest absolute Gasteiger partial charge is 0.306 e. The number of aromatic nitrogens is 2. The Morgan fingerprint density at radius 1 is 1.21 bits per heavy atom. The van der Waals surface area contributed by atoms with Gasteiger partial charge in [0.1, 0.15) is 10.7 Å². The number of aromatic amines is 1. The zero-order valence-electron chi connectivity index (χ0n) is 16.2. The van der Waals surface area contributed by atoms with E-state index in [0.29, 0.717) is 16.8 Å². The minimum atomic E-state index is -0.858. The highest BCUT2D eigenvalue weighted by molar-refractivity contribution is 7.18. The van der Waals surface area contributed by atoms with Crippen LogP contribution in [-0.4, -0.2) is 27.8 Å². The molecule has 0 unspecified atom stereocenters. The maximum absolute atomic E-state index is 12.6. The summed E-state index contributed by atoms with van der Waals surface area (Å²) in [4.78, 5) is 46.4. The first-order valence-corrected chi connectivity index (χ1v) is 10.7. The van der Waals surface area contributed by atoms with E-state index in [2.05, 4.69) is 9.97 Å². The molecule has 0 amide bonds. The highest BCUT2D eigenvalue weighted by atomic mass is 32.1. The summed E-state index contributed by atoms with van der Waals surface area (Å²) in [6.07, 6.45) is 3.64. The van der Waals surface area contributed by atoms with Gasteiger partial charge in [-0.1, -0.05) is 30.3 Å². The summed E-state index contributed by atoms with van der Waals surface area (Å²) in [5, 5.41) is 0.707. The molecule has 150 valence electrons. The van der Waals surface area contributed by atoms with E-state index in [0.717, 1.165) is 36.1 Å². The van der Waals surface area contributed by atoms with Gasteiger partial charge in [0, 0.05) is 16.9 Å². The Morgan fingerprint density at radius 3 is 2.76 bits per heavy atom. The first-order valence-electron chi connectivity index (χ1n) is 9.85. The van der Waals surface area contributed by atoms with Gasteiger partial charge in [-0.05, 0) is 38.2 Å². The van der Waals surface area contributed by atoms with Crippen molar-refractivity contribution < 1.29 is 14.3 Å². The second kappa shape index (κ2) is 8.29. The van der Waals surface area contributed by atoms with E-state index < -0.39 is 12.1 Å². The number of H-pyrrole nitrogens is 1. The average Bonchev–Trinajstić information content (AvgIpc) is 3.11. The number of nitrogens with zero attached hydrogens (tertiary/aromatic N) is 1. The number of nitrogens with one attached hydrogen (secondary N) is 1. The number of aryl methyl sites for hydroxylation is 3. The van der Waals surface area contributed by atoms with E-state index in [1.54, 1.807) is 42.5 Å². The van der Waals surface area contributed by atoms with Gasteiger partial charge in [-0.25, -0.2) is 4.98 Å². The van der Waals surface area contributed by atoms with Crippen molar-refractivity contribution in [2.75, 3.05) is 0 Å². The molecule has 3 aromatic rings. The number of carbonyl (C=O) groups is 2. The maximum atomic E-state index is 12.6. The third kappa shape index (κ3) is 4.15. The van der Waals surface area contributed by atoms with Crippen molar-refractivity contribution in [3.8, 4) is 0 Å². The zero-order chi connectivity index (χ0) is 20.4. The fourth-order valence-electron chi connectivity index (χ4n) is 3.69. The van der Waals surface area contributed by atoms with E-state index in [-0.39, 0.29) is 24.2 Å². The number of benzene rings is 1. The Balaban J connectivity index is 1.41. The normalized spacial score (nSPS) is 14.4. The molecule has 1 N–H and O–H groups in total. The molecule has 0 fully saturated rings. The number of hydrogen-bond acceptors (Lipinski definition) is 6. The van der Waals surface area contributed by atoms with Crippen LogP contribution < -0.4 is 5.56 Å². The lowest BCUT2D eigenvalue weighted by Gasteiger charge is -2.12. The molecule has 1 aromatic carbocycles. The zero-order valence-corrected chi connectivity index (χ0v) is 17.0. The molecule has 29 heavy (non-hydrogen) atoms. The number of hydrogen-bond donors (Lipinski definition) is 1. The fraction of sp³-hybridized carbons (Fsp3) is 0.364. The Kier molecular flexibility index (Phi) is 5.58. The van der Waals surface area contributed by atoms with Crippen LogP contribution in [0.15, 0.2) is 35.1 Å². The molecule has 2 aromatic heterocycles. The molecule has 0 bridgehead atoms. The standard InChI is InChI=1S/C22H22N2O4S/c1-13(20(26)14-7-3-2-4-8-14)28-18(25)12-11-17-23-21(27)19-15-9-5-6-10-16(15)29-22(19)24-17/h2-4,7-8,13H,5-6,9-12H2,1H3,(H,23,24,27)/t13-/m1/s1. The highest BCUT2D eigenvalue weighted by Crippen LogP contribution is 2.33. The number of carbonyl (C=O) groups excluding carboxylic acids is 2. The van der Waals surface area contributed by atoms with E-state index in [9.17, 15) is 14.4 Å². The second-order valence-corrected chi connectivity index (χ2v) is 8.35. The predicted octanol–water partition coefficient (Wildman–Crippen LogP) is 3.61. The van der Waals surface area contributed by atoms with Crippen molar-refractivity contribution in [3.05, 3.63) is 62.5 Å². The predicted molar refractivity (Wildman–Crippen MR) is 112 cm³/mol. The number of fused-ring (bicyclic) bond motifs is 3. The Hall–Kier alpha value is -2.80. The van der Waals surface area contributed by atoms with E-state index in [4.69, 9.17) is 4.74 Å². The van der Waals surface area contributed by atoms with Crippen molar-refractivity contribution >= 4 is 33.3 Å². The van der Waals surface area contributed by atoms with Crippen LogP contribution in [0.1, 0.15) is 52.8 Å². The second-order valence-electron chi connectivity index (χ2n) is 7.27. The van der Waals surface area contributed by atoms with Crippen LogP contribution in [0, 0.1) is 0 Å². The van der Waals surface area contributed by atoms with Crippen molar-refractivity contribution in [1.29, 1.82) is 0 Å². The minimum absolute atomic E-state index is 0.0476. The average molecular weight is 410 g/mol.